The van der Waals surface area contributed by atoms with Gasteiger partial charge in [-0.2, -0.15) is 0 Å². The molecule has 45 heavy (non-hydrogen) atoms. The first-order chi connectivity index (χ1) is 22.1. The van der Waals surface area contributed by atoms with Crippen molar-refractivity contribution in [2.45, 2.75) is 206 Å². The SMILES string of the molecule is CCCC(CCC)(C1CC(C2CCCCC2)C(O)C(C2CCCCC2)C1)C1CC(C2CCCCC2)C(O)C(C2CCCCC2)C1. The normalized spacial score (nSPS) is 39.2. The summed E-state index contributed by atoms with van der Waals surface area (Å²) in [6, 6.07) is 0. The van der Waals surface area contributed by atoms with E-state index in [0.717, 1.165) is 35.5 Å². The molecule has 6 aliphatic carbocycles. The topological polar surface area (TPSA) is 40.5 Å². The monoisotopic (exact) mass is 625 g/mol. The Hall–Kier alpha value is -0.0800. The third-order valence-electron chi connectivity index (χ3n) is 16.1. The lowest BCUT2D eigenvalue weighted by Gasteiger charge is -2.58. The smallest absolute Gasteiger partial charge is 0.0602 e. The lowest BCUT2D eigenvalue weighted by atomic mass is 9.47. The van der Waals surface area contributed by atoms with Crippen molar-refractivity contribution in [1.29, 1.82) is 0 Å². The molecule has 0 aliphatic heterocycles. The van der Waals surface area contributed by atoms with E-state index < -0.39 is 0 Å². The number of hydrogen-bond acceptors (Lipinski definition) is 2. The Morgan fingerprint density at radius 3 is 0.867 bits per heavy atom. The second kappa shape index (κ2) is 16.5. The molecule has 0 radical (unpaired) electrons. The molecule has 0 aromatic heterocycles. The molecular weight excluding hydrogens is 548 g/mol. The summed E-state index contributed by atoms with van der Waals surface area (Å²) in [5.74, 6) is 6.79. The van der Waals surface area contributed by atoms with Crippen molar-refractivity contribution in [3.63, 3.8) is 0 Å². The molecule has 0 saturated heterocycles. The third-order valence-corrected chi connectivity index (χ3v) is 16.1. The van der Waals surface area contributed by atoms with Gasteiger partial charge in [-0.05, 0) is 103 Å². The molecule has 0 aromatic carbocycles. The van der Waals surface area contributed by atoms with E-state index in [4.69, 9.17) is 0 Å². The summed E-state index contributed by atoms with van der Waals surface area (Å²) in [5, 5.41) is 24.6. The van der Waals surface area contributed by atoms with Crippen LogP contribution in [0.15, 0.2) is 0 Å². The van der Waals surface area contributed by atoms with Crippen molar-refractivity contribution in [2.75, 3.05) is 0 Å². The number of aliphatic hydroxyl groups is 2. The maximum absolute atomic E-state index is 12.3. The Kier molecular flexibility index (Phi) is 12.8. The van der Waals surface area contributed by atoms with Crippen molar-refractivity contribution in [2.24, 2.45) is 64.6 Å². The van der Waals surface area contributed by atoms with Gasteiger partial charge >= 0.3 is 0 Å². The first kappa shape index (κ1) is 34.8. The quantitative estimate of drug-likeness (QED) is 0.254. The average Bonchev–Trinajstić information content (AvgIpc) is 3.10. The lowest BCUT2D eigenvalue weighted by molar-refractivity contribution is -0.134. The van der Waals surface area contributed by atoms with Crippen LogP contribution in [0.2, 0.25) is 0 Å². The van der Waals surface area contributed by atoms with Crippen LogP contribution in [0.3, 0.4) is 0 Å². The van der Waals surface area contributed by atoms with Gasteiger partial charge in [0.25, 0.3) is 0 Å². The van der Waals surface area contributed by atoms with Gasteiger partial charge in [0.15, 0.2) is 0 Å². The Balaban J connectivity index is 1.35. The van der Waals surface area contributed by atoms with Crippen LogP contribution in [0.1, 0.15) is 194 Å². The molecule has 6 saturated carbocycles. The van der Waals surface area contributed by atoms with Crippen LogP contribution in [-0.2, 0) is 0 Å². The van der Waals surface area contributed by atoms with Gasteiger partial charge in [0.05, 0.1) is 12.2 Å². The molecule has 4 atom stereocenters. The highest BCUT2D eigenvalue weighted by Gasteiger charge is 2.55. The third kappa shape index (κ3) is 7.73. The van der Waals surface area contributed by atoms with Crippen LogP contribution in [0.4, 0.5) is 0 Å². The van der Waals surface area contributed by atoms with Crippen LogP contribution < -0.4 is 0 Å². The molecule has 0 aromatic rings. The Morgan fingerprint density at radius 1 is 0.400 bits per heavy atom. The second-order valence-corrected chi connectivity index (χ2v) is 18.3. The van der Waals surface area contributed by atoms with Crippen molar-refractivity contribution >= 4 is 0 Å². The van der Waals surface area contributed by atoms with Gasteiger partial charge in [-0.25, -0.2) is 0 Å². The minimum absolute atomic E-state index is 0.0495. The fourth-order valence-electron chi connectivity index (χ4n) is 14.0. The van der Waals surface area contributed by atoms with Gasteiger partial charge in [0, 0.05) is 0 Å². The summed E-state index contributed by atoms with van der Waals surface area (Å²) in [6.07, 6.45) is 38.4. The minimum Gasteiger partial charge on any atom is -0.393 e. The summed E-state index contributed by atoms with van der Waals surface area (Å²) in [4.78, 5) is 0. The van der Waals surface area contributed by atoms with Crippen LogP contribution in [0.25, 0.3) is 0 Å². The zero-order valence-electron chi connectivity index (χ0n) is 30.1. The van der Waals surface area contributed by atoms with Gasteiger partial charge in [-0.3, -0.25) is 0 Å². The molecule has 0 heterocycles. The molecule has 6 rings (SSSR count). The van der Waals surface area contributed by atoms with E-state index in [0.29, 0.717) is 29.1 Å². The van der Waals surface area contributed by atoms with E-state index >= 15 is 0 Å². The minimum atomic E-state index is -0.0495. The van der Waals surface area contributed by atoms with Crippen LogP contribution in [-0.4, -0.2) is 22.4 Å². The first-order valence-corrected chi connectivity index (χ1v) is 21.4. The highest BCUT2D eigenvalue weighted by Crippen LogP contribution is 2.61. The Morgan fingerprint density at radius 2 is 0.644 bits per heavy atom. The summed E-state index contributed by atoms with van der Waals surface area (Å²) in [5.41, 5.74) is 0.406. The molecule has 4 unspecified atom stereocenters. The molecule has 2 heteroatoms. The lowest BCUT2D eigenvalue weighted by Crippen LogP contribution is -2.54. The summed E-state index contributed by atoms with van der Waals surface area (Å²) in [7, 11) is 0. The Bertz CT molecular complexity index is 718. The first-order valence-electron chi connectivity index (χ1n) is 21.4. The van der Waals surface area contributed by atoms with E-state index in [9.17, 15) is 10.2 Å². The van der Waals surface area contributed by atoms with Crippen molar-refractivity contribution in [3.8, 4) is 0 Å². The van der Waals surface area contributed by atoms with Gasteiger partial charge in [0.2, 0.25) is 0 Å². The molecule has 0 amide bonds. The zero-order valence-corrected chi connectivity index (χ0v) is 30.1. The van der Waals surface area contributed by atoms with E-state index in [1.165, 1.54) is 180 Å². The molecule has 6 aliphatic rings. The van der Waals surface area contributed by atoms with Crippen molar-refractivity contribution in [3.05, 3.63) is 0 Å². The predicted molar refractivity (Wildman–Crippen MR) is 190 cm³/mol. The maximum Gasteiger partial charge on any atom is 0.0602 e. The molecule has 2 nitrogen and oxygen atoms in total. The number of rotatable bonds is 10. The fourth-order valence-corrected chi connectivity index (χ4v) is 14.0. The van der Waals surface area contributed by atoms with Gasteiger partial charge in [-0.1, -0.05) is 155 Å². The summed E-state index contributed by atoms with van der Waals surface area (Å²) >= 11 is 0. The molecule has 2 N–H and O–H groups in total. The van der Waals surface area contributed by atoms with E-state index in [1.54, 1.807) is 0 Å². The summed E-state index contributed by atoms with van der Waals surface area (Å²) < 4.78 is 0. The molecule has 0 spiro atoms. The molecule has 6 fully saturated rings. The van der Waals surface area contributed by atoms with Gasteiger partial charge in [0.1, 0.15) is 0 Å². The van der Waals surface area contributed by atoms with Crippen LogP contribution >= 0.6 is 0 Å². The number of hydrogen-bond donors (Lipinski definition) is 2. The second-order valence-electron chi connectivity index (χ2n) is 18.3. The predicted octanol–water partition coefficient (Wildman–Crippen LogP) is 11.9. The highest BCUT2D eigenvalue weighted by molar-refractivity contribution is 5.05. The van der Waals surface area contributed by atoms with Gasteiger partial charge in [-0.15, -0.1) is 0 Å². The van der Waals surface area contributed by atoms with Gasteiger partial charge < -0.3 is 10.2 Å². The van der Waals surface area contributed by atoms with E-state index in [2.05, 4.69) is 13.8 Å². The molecular formula is C43H76O2. The van der Waals surface area contributed by atoms with Crippen LogP contribution in [0, 0.1) is 64.6 Å². The highest BCUT2D eigenvalue weighted by atomic mass is 16.3. The fraction of sp³-hybridized carbons (Fsp3) is 1.00. The average molecular weight is 625 g/mol. The number of aliphatic hydroxyl groups excluding tert-OH is 2. The molecule has 260 valence electrons. The van der Waals surface area contributed by atoms with Crippen molar-refractivity contribution in [1.82, 2.24) is 0 Å². The van der Waals surface area contributed by atoms with E-state index in [1.807, 2.05) is 0 Å². The Labute approximate surface area is 280 Å². The maximum atomic E-state index is 12.3. The van der Waals surface area contributed by atoms with Crippen LogP contribution in [0.5, 0.6) is 0 Å². The largest absolute Gasteiger partial charge is 0.393 e. The zero-order chi connectivity index (χ0) is 31.2. The van der Waals surface area contributed by atoms with Crippen molar-refractivity contribution < 1.29 is 10.2 Å². The summed E-state index contributed by atoms with van der Waals surface area (Å²) in [6.45, 7) is 4.99. The molecule has 0 bridgehead atoms. The standard InChI is InChI=1S/C43H76O2/c1-3-25-43(26-4-2,35-27-37(31-17-9-5-10-18-31)41(44)38(28-35)32-19-11-6-12-20-32)36-29-39(33-21-13-7-14-22-33)42(45)40(30-36)34-23-15-8-16-24-34/h31-42,44-45H,3-30H2,1-2H3. The van der Waals surface area contributed by atoms with E-state index in [-0.39, 0.29) is 12.2 Å².